The average molecular weight is 274 g/mol. The number of anilines is 1. The SMILES string of the molecule is N#CCCN(C(=O)c1cccc([N+](=O)[O-])c1N)C1CC1. The maximum atomic E-state index is 12.4. The van der Waals surface area contributed by atoms with Gasteiger partial charge in [-0.1, -0.05) is 6.07 Å². The number of carbonyl (C=O) groups excluding carboxylic acids is 1. The van der Waals surface area contributed by atoms with Crippen molar-refractivity contribution >= 4 is 17.3 Å². The van der Waals surface area contributed by atoms with Gasteiger partial charge in [-0.2, -0.15) is 5.26 Å². The Hall–Kier alpha value is -2.62. The number of amides is 1. The number of nitrogens with two attached hydrogens (primary N) is 1. The minimum absolute atomic E-state index is 0.120. The fourth-order valence-corrected chi connectivity index (χ4v) is 2.06. The van der Waals surface area contributed by atoms with Crippen molar-refractivity contribution in [3.05, 3.63) is 33.9 Å². The summed E-state index contributed by atoms with van der Waals surface area (Å²) in [7, 11) is 0. The van der Waals surface area contributed by atoms with E-state index in [9.17, 15) is 14.9 Å². The van der Waals surface area contributed by atoms with Crippen molar-refractivity contribution in [2.45, 2.75) is 25.3 Å². The van der Waals surface area contributed by atoms with E-state index >= 15 is 0 Å². The van der Waals surface area contributed by atoms with E-state index in [-0.39, 0.29) is 35.3 Å². The summed E-state index contributed by atoms with van der Waals surface area (Å²) in [5.74, 6) is -0.344. The summed E-state index contributed by atoms with van der Waals surface area (Å²) in [5.41, 5.74) is 5.46. The van der Waals surface area contributed by atoms with Crippen molar-refractivity contribution in [2.75, 3.05) is 12.3 Å². The smallest absolute Gasteiger partial charge is 0.292 e. The first kappa shape index (κ1) is 13.8. The zero-order chi connectivity index (χ0) is 14.7. The van der Waals surface area contributed by atoms with E-state index < -0.39 is 4.92 Å². The number of para-hydroxylation sites is 1. The van der Waals surface area contributed by atoms with Crippen LogP contribution < -0.4 is 5.73 Å². The number of nitriles is 1. The Kier molecular flexibility index (Phi) is 3.84. The lowest BCUT2D eigenvalue weighted by Crippen LogP contribution is -2.34. The number of carbonyl (C=O) groups is 1. The molecule has 0 atom stereocenters. The number of rotatable bonds is 5. The molecule has 7 heteroatoms. The van der Waals surface area contributed by atoms with Crippen LogP contribution in [-0.2, 0) is 0 Å². The monoisotopic (exact) mass is 274 g/mol. The highest BCUT2D eigenvalue weighted by molar-refractivity contribution is 6.01. The van der Waals surface area contributed by atoms with E-state index in [4.69, 9.17) is 11.0 Å². The van der Waals surface area contributed by atoms with E-state index in [1.165, 1.54) is 18.2 Å². The van der Waals surface area contributed by atoms with Crippen LogP contribution in [0.15, 0.2) is 18.2 Å². The Labute approximate surface area is 115 Å². The summed E-state index contributed by atoms with van der Waals surface area (Å²) in [6, 6.07) is 6.30. The molecule has 0 aliphatic heterocycles. The van der Waals surface area contributed by atoms with Gasteiger partial charge in [-0.05, 0) is 18.9 Å². The third kappa shape index (κ3) is 2.69. The largest absolute Gasteiger partial charge is 0.393 e. The molecule has 1 saturated carbocycles. The molecule has 20 heavy (non-hydrogen) atoms. The molecular weight excluding hydrogens is 260 g/mol. The zero-order valence-corrected chi connectivity index (χ0v) is 10.8. The van der Waals surface area contributed by atoms with E-state index in [1.54, 1.807) is 4.90 Å². The molecule has 7 nitrogen and oxygen atoms in total. The first-order valence-electron chi connectivity index (χ1n) is 6.27. The number of hydrogen-bond acceptors (Lipinski definition) is 5. The topological polar surface area (TPSA) is 113 Å². The van der Waals surface area contributed by atoms with Crippen molar-refractivity contribution in [2.24, 2.45) is 0 Å². The van der Waals surface area contributed by atoms with Crippen LogP contribution in [0, 0.1) is 21.4 Å². The van der Waals surface area contributed by atoms with Crippen molar-refractivity contribution in [3.8, 4) is 6.07 Å². The molecule has 0 heterocycles. The molecule has 1 aliphatic rings. The second-order valence-electron chi connectivity index (χ2n) is 4.63. The lowest BCUT2D eigenvalue weighted by Gasteiger charge is -2.21. The molecule has 1 fully saturated rings. The second kappa shape index (κ2) is 5.57. The lowest BCUT2D eigenvalue weighted by molar-refractivity contribution is -0.383. The van der Waals surface area contributed by atoms with Crippen molar-refractivity contribution in [3.63, 3.8) is 0 Å². The van der Waals surface area contributed by atoms with Gasteiger partial charge in [-0.15, -0.1) is 0 Å². The van der Waals surface area contributed by atoms with Crippen LogP contribution in [0.2, 0.25) is 0 Å². The molecule has 0 aromatic heterocycles. The standard InChI is InChI=1S/C13H14N4O3/c14-7-2-8-16(9-5-6-9)13(18)10-3-1-4-11(12(10)15)17(19)20/h1,3-4,9H,2,5-6,8,15H2. The number of nitrogens with zero attached hydrogens (tertiary/aromatic N) is 3. The molecule has 0 bridgehead atoms. The van der Waals surface area contributed by atoms with Gasteiger partial charge in [0.1, 0.15) is 5.69 Å². The van der Waals surface area contributed by atoms with E-state index in [2.05, 4.69) is 0 Å². The quantitative estimate of drug-likeness (QED) is 0.498. The Morgan fingerprint density at radius 2 is 2.25 bits per heavy atom. The molecular formula is C13H14N4O3. The maximum Gasteiger partial charge on any atom is 0.292 e. The highest BCUT2D eigenvalue weighted by Gasteiger charge is 2.34. The average Bonchev–Trinajstić information content (AvgIpc) is 3.23. The van der Waals surface area contributed by atoms with Crippen LogP contribution in [-0.4, -0.2) is 28.3 Å². The second-order valence-corrected chi connectivity index (χ2v) is 4.63. The molecule has 0 unspecified atom stereocenters. The highest BCUT2D eigenvalue weighted by Crippen LogP contribution is 2.31. The molecule has 0 radical (unpaired) electrons. The number of nitrogen functional groups attached to an aromatic ring is 1. The van der Waals surface area contributed by atoms with Gasteiger partial charge in [-0.25, -0.2) is 0 Å². The molecule has 0 spiro atoms. The van der Waals surface area contributed by atoms with Gasteiger partial charge in [-0.3, -0.25) is 14.9 Å². The van der Waals surface area contributed by atoms with Gasteiger partial charge in [0.2, 0.25) is 0 Å². The van der Waals surface area contributed by atoms with Crippen LogP contribution in [0.25, 0.3) is 0 Å². The summed E-state index contributed by atoms with van der Waals surface area (Å²) >= 11 is 0. The molecule has 0 saturated heterocycles. The number of hydrogen-bond donors (Lipinski definition) is 1. The summed E-state index contributed by atoms with van der Waals surface area (Å²) < 4.78 is 0. The van der Waals surface area contributed by atoms with Crippen LogP contribution >= 0.6 is 0 Å². The molecule has 1 aromatic rings. The van der Waals surface area contributed by atoms with Gasteiger partial charge in [0, 0.05) is 18.7 Å². The van der Waals surface area contributed by atoms with Gasteiger partial charge in [0.05, 0.1) is 23.0 Å². The molecule has 1 amide bonds. The number of nitro benzene ring substituents is 1. The molecule has 1 aromatic carbocycles. The fourth-order valence-electron chi connectivity index (χ4n) is 2.06. The molecule has 104 valence electrons. The Morgan fingerprint density at radius 1 is 1.55 bits per heavy atom. The van der Waals surface area contributed by atoms with E-state index in [1.807, 2.05) is 6.07 Å². The molecule has 2 N–H and O–H groups in total. The summed E-state index contributed by atoms with van der Waals surface area (Å²) in [5, 5.41) is 19.5. The summed E-state index contributed by atoms with van der Waals surface area (Å²) in [6.45, 7) is 0.322. The number of nitro groups is 1. The fraction of sp³-hybridized carbons (Fsp3) is 0.385. The van der Waals surface area contributed by atoms with Crippen LogP contribution in [0.5, 0.6) is 0 Å². The van der Waals surface area contributed by atoms with Crippen LogP contribution in [0.1, 0.15) is 29.6 Å². The van der Waals surface area contributed by atoms with E-state index in [0.717, 1.165) is 12.8 Å². The third-order valence-corrected chi connectivity index (χ3v) is 3.22. The first-order chi connectivity index (χ1) is 9.56. The highest BCUT2D eigenvalue weighted by atomic mass is 16.6. The van der Waals surface area contributed by atoms with Gasteiger partial charge < -0.3 is 10.6 Å². The minimum Gasteiger partial charge on any atom is -0.393 e. The summed E-state index contributed by atoms with van der Waals surface area (Å²) in [6.07, 6.45) is 2.02. The lowest BCUT2D eigenvalue weighted by atomic mass is 10.1. The van der Waals surface area contributed by atoms with Gasteiger partial charge >= 0.3 is 0 Å². The predicted octanol–water partition coefficient (Wildman–Crippen LogP) is 1.70. The van der Waals surface area contributed by atoms with Crippen molar-refractivity contribution < 1.29 is 9.72 Å². The molecule has 2 rings (SSSR count). The van der Waals surface area contributed by atoms with Gasteiger partial charge in [0.25, 0.3) is 11.6 Å². The molecule has 1 aliphatic carbocycles. The Bertz CT molecular complexity index is 590. The Morgan fingerprint density at radius 3 is 2.80 bits per heavy atom. The normalized spacial score (nSPS) is 13.6. The predicted molar refractivity (Wildman–Crippen MR) is 71.8 cm³/mol. The Balaban J connectivity index is 2.30. The van der Waals surface area contributed by atoms with Crippen molar-refractivity contribution in [1.82, 2.24) is 4.90 Å². The van der Waals surface area contributed by atoms with E-state index in [0.29, 0.717) is 6.54 Å². The number of benzene rings is 1. The van der Waals surface area contributed by atoms with Gasteiger partial charge in [0.15, 0.2) is 0 Å². The zero-order valence-electron chi connectivity index (χ0n) is 10.8. The summed E-state index contributed by atoms with van der Waals surface area (Å²) in [4.78, 5) is 24.3. The van der Waals surface area contributed by atoms with Crippen LogP contribution in [0.3, 0.4) is 0 Å². The minimum atomic E-state index is -0.608. The first-order valence-corrected chi connectivity index (χ1v) is 6.27. The van der Waals surface area contributed by atoms with Crippen LogP contribution in [0.4, 0.5) is 11.4 Å². The third-order valence-electron chi connectivity index (χ3n) is 3.22. The van der Waals surface area contributed by atoms with Crippen molar-refractivity contribution in [1.29, 1.82) is 5.26 Å². The maximum absolute atomic E-state index is 12.4.